The maximum Gasteiger partial charge on any atom is 0.225 e. The molecule has 0 aliphatic rings. The van der Waals surface area contributed by atoms with E-state index in [9.17, 15) is 5.11 Å². The van der Waals surface area contributed by atoms with E-state index in [2.05, 4.69) is 15.3 Å². The second-order valence-electron chi connectivity index (χ2n) is 4.11. The fraction of sp³-hybridized carbons (Fsp3) is 0. The first-order valence-electron chi connectivity index (χ1n) is 6.74. The van der Waals surface area contributed by atoms with E-state index in [1.807, 2.05) is 0 Å². The lowest BCUT2D eigenvalue weighted by Gasteiger charge is -2.12. The Morgan fingerprint density at radius 1 is 1.05 bits per heavy atom. The summed E-state index contributed by atoms with van der Waals surface area (Å²) in [6.45, 7) is 0. The molecule has 0 saturated carbocycles. The van der Waals surface area contributed by atoms with Crippen LogP contribution in [0.1, 0.15) is 2.74 Å². The van der Waals surface area contributed by atoms with E-state index in [0.29, 0.717) is 16.5 Å². The van der Waals surface area contributed by atoms with Crippen LogP contribution in [-0.2, 0) is 0 Å². The number of anilines is 2. The first-order chi connectivity index (χ1) is 10.8. The molecule has 106 valence electrons. The number of benzene rings is 2. The van der Waals surface area contributed by atoms with Gasteiger partial charge in [0, 0.05) is 5.39 Å². The van der Waals surface area contributed by atoms with Crippen molar-refractivity contribution in [1.29, 1.82) is 0 Å². The summed E-state index contributed by atoms with van der Waals surface area (Å²) in [6.07, 6.45) is 0. The maximum atomic E-state index is 10.1. The van der Waals surface area contributed by atoms with Gasteiger partial charge in [-0.2, -0.15) is 4.98 Å². The third kappa shape index (κ3) is 2.70. The number of nitrogens with one attached hydrogen (secondary N) is 1. The molecule has 2 aromatic carbocycles. The first-order valence-corrected chi connectivity index (χ1v) is 6.88. The van der Waals surface area contributed by atoms with Gasteiger partial charge in [0.2, 0.25) is 5.28 Å². The summed E-state index contributed by atoms with van der Waals surface area (Å²) < 4.78 is 15.5. The van der Waals surface area contributed by atoms with Crippen molar-refractivity contribution in [3.63, 3.8) is 0 Å². The third-order valence-corrected chi connectivity index (χ3v) is 3.67. The monoisotopic (exact) mass is 341 g/mol. The second kappa shape index (κ2) is 5.56. The van der Waals surface area contributed by atoms with Gasteiger partial charge in [0.15, 0.2) is 11.0 Å². The van der Waals surface area contributed by atoms with Crippen molar-refractivity contribution in [3.05, 3.63) is 51.8 Å². The zero-order valence-electron chi connectivity index (χ0n) is 12.3. The predicted molar refractivity (Wildman–Crippen MR) is 86.0 cm³/mol. The topological polar surface area (TPSA) is 58.0 Å². The molecule has 1 heterocycles. The van der Waals surface area contributed by atoms with Crippen LogP contribution in [0.4, 0.5) is 11.5 Å². The minimum absolute atomic E-state index is 0.0156. The molecule has 0 bridgehead atoms. The number of phenols is 1. The van der Waals surface area contributed by atoms with Crippen molar-refractivity contribution in [2.24, 2.45) is 0 Å². The van der Waals surface area contributed by atoms with Crippen LogP contribution in [0.5, 0.6) is 5.75 Å². The molecule has 3 aromatic rings. The van der Waals surface area contributed by atoms with Crippen molar-refractivity contribution in [2.75, 3.05) is 5.32 Å². The molecule has 1 aromatic heterocycles. The largest absolute Gasteiger partial charge is 0.507 e. The van der Waals surface area contributed by atoms with E-state index >= 15 is 0 Å². The van der Waals surface area contributed by atoms with Crippen molar-refractivity contribution < 1.29 is 7.85 Å². The molecule has 0 unspecified atom stereocenters. The molecule has 0 amide bonds. The molecular weight excluding hydrogens is 333 g/mol. The van der Waals surface area contributed by atoms with Gasteiger partial charge in [0.25, 0.3) is 0 Å². The minimum Gasteiger partial charge on any atom is -0.507 e. The fourth-order valence-electron chi connectivity index (χ4n) is 1.90. The van der Waals surface area contributed by atoms with E-state index < -0.39 is 0 Å². The van der Waals surface area contributed by atoms with Crippen molar-refractivity contribution in [3.8, 4) is 5.75 Å². The van der Waals surface area contributed by atoms with Gasteiger partial charge in [-0.1, -0.05) is 47.4 Å². The lowest BCUT2D eigenvalue weighted by atomic mass is 10.1. The Balaban J connectivity index is 2.21. The van der Waals surface area contributed by atoms with E-state index in [1.54, 1.807) is 12.1 Å². The quantitative estimate of drug-likeness (QED) is 0.506. The molecule has 4 nitrogen and oxygen atoms in total. The molecule has 0 spiro atoms. The highest BCUT2D eigenvalue weighted by atomic mass is 35.5. The number of hydrogen-bond donors (Lipinski definition) is 2. The van der Waals surface area contributed by atoms with Crippen LogP contribution >= 0.6 is 34.8 Å². The molecule has 21 heavy (non-hydrogen) atoms. The summed E-state index contributed by atoms with van der Waals surface area (Å²) >= 11 is 17.7. The molecule has 0 fully saturated rings. The normalized spacial score (nSPS) is 12.1. The SMILES string of the molecule is [2H]c1cc(O)c2c(Nc3nc(Cl)nc(Cl)c3Cl)cc([2H])cc2c1. The molecule has 0 atom stereocenters. The van der Waals surface area contributed by atoms with Crippen LogP contribution in [0.2, 0.25) is 15.5 Å². The van der Waals surface area contributed by atoms with Crippen molar-refractivity contribution in [2.45, 2.75) is 0 Å². The maximum absolute atomic E-state index is 10.1. The average Bonchev–Trinajstić information content (AvgIpc) is 2.42. The second-order valence-corrected chi connectivity index (χ2v) is 5.19. The van der Waals surface area contributed by atoms with Crippen molar-refractivity contribution in [1.82, 2.24) is 9.97 Å². The Kier molecular flexibility index (Phi) is 3.14. The van der Waals surface area contributed by atoms with E-state index in [-0.39, 0.29) is 39.1 Å². The standard InChI is InChI=1S/C14H8Cl3N3O/c15-11-12(16)19-14(17)20-13(11)18-8-5-1-3-7-4-2-6-9(21)10(7)8/h1-6,21H,(H,18,19,20)/i1D,2D. The van der Waals surface area contributed by atoms with Crippen LogP contribution in [0.3, 0.4) is 0 Å². The summed E-state index contributed by atoms with van der Waals surface area (Å²) in [4.78, 5) is 7.68. The fourth-order valence-corrected chi connectivity index (χ4v) is 2.41. The van der Waals surface area contributed by atoms with E-state index in [4.69, 9.17) is 37.5 Å². The van der Waals surface area contributed by atoms with Gasteiger partial charge < -0.3 is 10.4 Å². The van der Waals surface area contributed by atoms with Gasteiger partial charge in [0.1, 0.15) is 10.8 Å². The third-order valence-electron chi connectivity index (χ3n) is 2.78. The van der Waals surface area contributed by atoms with Crippen LogP contribution in [0.25, 0.3) is 10.8 Å². The number of aromatic hydroxyl groups is 1. The Bertz CT molecular complexity index is 932. The summed E-state index contributed by atoms with van der Waals surface area (Å²) in [6, 6.07) is 6.20. The Labute approximate surface area is 138 Å². The number of halogens is 3. The molecule has 0 radical (unpaired) electrons. The molecule has 0 aliphatic carbocycles. The molecule has 7 heteroatoms. The number of aromatic nitrogens is 2. The Hall–Kier alpha value is -1.75. The minimum atomic E-state index is -0.0997. The van der Waals surface area contributed by atoms with Crippen LogP contribution in [-0.4, -0.2) is 15.1 Å². The highest BCUT2D eigenvalue weighted by molar-refractivity contribution is 6.43. The molecule has 3 rings (SSSR count). The van der Waals surface area contributed by atoms with Crippen molar-refractivity contribution >= 4 is 57.1 Å². The smallest absolute Gasteiger partial charge is 0.225 e. The molecular formula is C14H8Cl3N3O. The van der Waals surface area contributed by atoms with Gasteiger partial charge in [0.05, 0.1) is 8.43 Å². The van der Waals surface area contributed by atoms with E-state index in [0.717, 1.165) is 0 Å². The Morgan fingerprint density at radius 2 is 1.76 bits per heavy atom. The number of nitrogens with zero attached hydrogens (tertiary/aromatic N) is 2. The van der Waals surface area contributed by atoms with Gasteiger partial charge in [-0.3, -0.25) is 0 Å². The first kappa shape index (κ1) is 11.9. The highest BCUT2D eigenvalue weighted by Crippen LogP contribution is 2.36. The average molecular weight is 343 g/mol. The summed E-state index contributed by atoms with van der Waals surface area (Å²) in [5.41, 5.74) is 0.387. The predicted octanol–water partition coefficient (Wildman–Crippen LogP) is 5.04. The number of phenolic OH excluding ortho intramolecular Hbond substituents is 1. The molecule has 2 N–H and O–H groups in total. The summed E-state index contributed by atoms with van der Waals surface area (Å²) in [7, 11) is 0. The number of rotatable bonds is 2. The van der Waals surface area contributed by atoms with Gasteiger partial charge in [-0.25, -0.2) is 4.98 Å². The van der Waals surface area contributed by atoms with Gasteiger partial charge in [-0.05, 0) is 29.1 Å². The zero-order chi connectivity index (χ0) is 16.7. The number of hydrogen-bond acceptors (Lipinski definition) is 4. The zero-order valence-corrected chi connectivity index (χ0v) is 12.6. The Morgan fingerprint density at radius 3 is 2.52 bits per heavy atom. The van der Waals surface area contributed by atoms with E-state index in [1.165, 1.54) is 12.1 Å². The van der Waals surface area contributed by atoms with Gasteiger partial charge in [-0.15, -0.1) is 0 Å². The summed E-state index contributed by atoms with van der Waals surface area (Å²) in [5.74, 6) is 0.0512. The highest BCUT2D eigenvalue weighted by Gasteiger charge is 2.13. The van der Waals surface area contributed by atoms with Crippen LogP contribution in [0.15, 0.2) is 36.4 Å². The van der Waals surface area contributed by atoms with Gasteiger partial charge >= 0.3 is 0 Å². The van der Waals surface area contributed by atoms with Crippen LogP contribution < -0.4 is 5.32 Å². The molecule has 0 aliphatic heterocycles. The molecule has 0 saturated heterocycles. The lowest BCUT2D eigenvalue weighted by molar-refractivity contribution is 0.482. The number of fused-ring (bicyclic) bond motifs is 1. The summed E-state index contributed by atoms with van der Waals surface area (Å²) in [5, 5.41) is 14.0. The van der Waals surface area contributed by atoms with Crippen LogP contribution in [0, 0.1) is 0 Å². The lowest BCUT2D eigenvalue weighted by Crippen LogP contribution is -1.98.